The van der Waals surface area contributed by atoms with Crippen LogP contribution in [-0.4, -0.2) is 18.6 Å². The van der Waals surface area contributed by atoms with Crippen LogP contribution in [0.1, 0.15) is 38.3 Å². The molecule has 0 heterocycles. The van der Waals surface area contributed by atoms with Gasteiger partial charge in [-0.3, -0.25) is 4.79 Å². The number of halogens is 2. The van der Waals surface area contributed by atoms with Crippen LogP contribution in [0.25, 0.3) is 11.4 Å². The summed E-state index contributed by atoms with van der Waals surface area (Å²) in [6.45, 7) is 5.65. The lowest BCUT2D eigenvalue weighted by atomic mass is 10.1. The second kappa shape index (κ2) is 7.75. The Morgan fingerprint density at radius 3 is 2.65 bits per heavy atom. The molecule has 1 aromatic carbocycles. The number of rotatable bonds is 6. The minimum absolute atomic E-state index is 0.100. The van der Waals surface area contributed by atoms with Gasteiger partial charge in [-0.1, -0.05) is 26.0 Å². The number of ether oxygens (including phenoxy) is 1. The van der Waals surface area contributed by atoms with Gasteiger partial charge in [0.25, 0.3) is 6.43 Å². The van der Waals surface area contributed by atoms with E-state index in [1.807, 2.05) is 13.8 Å². The van der Waals surface area contributed by atoms with E-state index in [2.05, 4.69) is 5.32 Å². The van der Waals surface area contributed by atoms with Crippen LogP contribution in [0.15, 0.2) is 24.3 Å². The molecule has 3 nitrogen and oxygen atoms in total. The van der Waals surface area contributed by atoms with E-state index in [-0.39, 0.29) is 17.4 Å². The highest BCUT2D eigenvalue weighted by molar-refractivity contribution is 5.70. The van der Waals surface area contributed by atoms with Gasteiger partial charge in [0.05, 0.1) is 5.56 Å². The van der Waals surface area contributed by atoms with Crippen molar-refractivity contribution in [3.05, 3.63) is 40.7 Å². The SMILES string of the molecule is CC(=O)Oc1ccc(C=CC[N-]C(C)C)cc1C(F)F. The molecular formula is C15H18F2NO2-. The number of hydrogen-bond donors (Lipinski definition) is 0. The zero-order valence-corrected chi connectivity index (χ0v) is 11.8. The standard InChI is InChI=1S/C15H18F2NO2/c1-10(2)18-8-4-5-12-6-7-14(20-11(3)19)13(9-12)15(16)17/h4-7,9-10,15H,8H2,1-3H3/q-1. The van der Waals surface area contributed by atoms with Gasteiger partial charge in [0.15, 0.2) is 0 Å². The highest BCUT2D eigenvalue weighted by atomic mass is 19.3. The first-order valence-corrected chi connectivity index (χ1v) is 6.33. The molecule has 0 N–H and O–H groups in total. The molecule has 1 aromatic rings. The molecule has 20 heavy (non-hydrogen) atoms. The third-order valence-electron chi connectivity index (χ3n) is 2.41. The van der Waals surface area contributed by atoms with Gasteiger partial charge in [-0.05, 0) is 17.7 Å². The number of carbonyl (C=O) groups excluding carboxylic acids is 1. The minimum atomic E-state index is -2.70. The molecule has 0 aliphatic carbocycles. The maximum absolute atomic E-state index is 12.9. The molecule has 0 bridgehead atoms. The van der Waals surface area contributed by atoms with E-state index < -0.39 is 12.4 Å². The molecular weight excluding hydrogens is 264 g/mol. The van der Waals surface area contributed by atoms with Crippen LogP contribution < -0.4 is 4.74 Å². The molecule has 0 aromatic heterocycles. The summed E-state index contributed by atoms with van der Waals surface area (Å²) in [5.74, 6) is -0.720. The van der Waals surface area contributed by atoms with Crippen molar-refractivity contribution in [2.45, 2.75) is 33.2 Å². The monoisotopic (exact) mass is 282 g/mol. The van der Waals surface area contributed by atoms with Crippen molar-refractivity contribution in [2.24, 2.45) is 0 Å². The van der Waals surface area contributed by atoms with Crippen LogP contribution in [0.5, 0.6) is 5.75 Å². The molecule has 0 fully saturated rings. The second-order valence-corrected chi connectivity index (χ2v) is 4.55. The van der Waals surface area contributed by atoms with Crippen LogP contribution in [0.3, 0.4) is 0 Å². The average Bonchev–Trinajstić information content (AvgIpc) is 2.35. The second-order valence-electron chi connectivity index (χ2n) is 4.55. The lowest BCUT2D eigenvalue weighted by Gasteiger charge is -2.21. The van der Waals surface area contributed by atoms with Gasteiger partial charge in [-0.25, -0.2) is 8.78 Å². The van der Waals surface area contributed by atoms with Crippen molar-refractivity contribution in [1.29, 1.82) is 0 Å². The molecule has 0 aliphatic heterocycles. The van der Waals surface area contributed by atoms with E-state index in [0.717, 1.165) is 0 Å². The highest BCUT2D eigenvalue weighted by Gasteiger charge is 2.15. The van der Waals surface area contributed by atoms with Gasteiger partial charge in [-0.15, -0.1) is 18.7 Å². The maximum Gasteiger partial charge on any atom is 0.308 e. The Kier molecular flexibility index (Phi) is 6.31. The van der Waals surface area contributed by atoms with Crippen LogP contribution in [0, 0.1) is 0 Å². The van der Waals surface area contributed by atoms with Crippen LogP contribution in [0.2, 0.25) is 0 Å². The molecule has 0 atom stereocenters. The molecule has 0 amide bonds. The Hall–Kier alpha value is -1.75. The lowest BCUT2D eigenvalue weighted by molar-refractivity contribution is -0.132. The van der Waals surface area contributed by atoms with Gasteiger partial charge < -0.3 is 10.1 Å². The number of esters is 1. The molecule has 110 valence electrons. The fraction of sp³-hybridized carbons (Fsp3) is 0.400. The first kappa shape index (κ1) is 16.3. The number of benzene rings is 1. The van der Waals surface area contributed by atoms with E-state index in [1.165, 1.54) is 19.1 Å². The Morgan fingerprint density at radius 2 is 2.10 bits per heavy atom. The predicted octanol–water partition coefficient (Wildman–Crippen LogP) is 4.34. The number of alkyl halides is 2. The van der Waals surface area contributed by atoms with Gasteiger partial charge in [0.2, 0.25) is 0 Å². The van der Waals surface area contributed by atoms with Gasteiger partial charge in [-0.2, -0.15) is 0 Å². The Labute approximate surface area is 117 Å². The van der Waals surface area contributed by atoms with E-state index in [0.29, 0.717) is 12.1 Å². The zero-order valence-electron chi connectivity index (χ0n) is 11.8. The predicted molar refractivity (Wildman–Crippen MR) is 75.1 cm³/mol. The molecule has 0 saturated carbocycles. The van der Waals surface area contributed by atoms with Gasteiger partial charge in [0.1, 0.15) is 5.75 Å². The van der Waals surface area contributed by atoms with E-state index in [1.54, 1.807) is 18.2 Å². The normalized spacial score (nSPS) is 11.6. The summed E-state index contributed by atoms with van der Waals surface area (Å²) in [4.78, 5) is 10.9. The summed E-state index contributed by atoms with van der Waals surface area (Å²) in [5, 5.41) is 4.25. The maximum atomic E-state index is 12.9. The van der Waals surface area contributed by atoms with Crippen molar-refractivity contribution in [3.8, 4) is 5.75 Å². The Bertz CT molecular complexity index is 485. The van der Waals surface area contributed by atoms with Crippen LogP contribution in [0.4, 0.5) is 8.78 Å². The third kappa shape index (κ3) is 5.48. The van der Waals surface area contributed by atoms with Crippen molar-refractivity contribution < 1.29 is 18.3 Å². The summed E-state index contributed by atoms with van der Waals surface area (Å²) < 4.78 is 30.6. The average molecular weight is 282 g/mol. The summed E-state index contributed by atoms with van der Waals surface area (Å²) in [6.07, 6.45) is 0.823. The molecule has 0 unspecified atom stereocenters. The topological polar surface area (TPSA) is 40.4 Å². The van der Waals surface area contributed by atoms with Crippen molar-refractivity contribution in [1.82, 2.24) is 0 Å². The van der Waals surface area contributed by atoms with Gasteiger partial charge >= 0.3 is 5.97 Å². The van der Waals surface area contributed by atoms with Crippen molar-refractivity contribution >= 4 is 12.0 Å². The first-order chi connectivity index (χ1) is 9.40. The summed E-state index contributed by atoms with van der Waals surface area (Å²) in [5.41, 5.74) is 0.332. The number of nitrogens with zero attached hydrogens (tertiary/aromatic N) is 1. The van der Waals surface area contributed by atoms with E-state index >= 15 is 0 Å². The molecule has 0 aliphatic rings. The first-order valence-electron chi connectivity index (χ1n) is 6.33. The largest absolute Gasteiger partial charge is 0.657 e. The third-order valence-corrected chi connectivity index (χ3v) is 2.41. The zero-order chi connectivity index (χ0) is 15.1. The highest BCUT2D eigenvalue weighted by Crippen LogP contribution is 2.30. The van der Waals surface area contributed by atoms with Gasteiger partial charge in [0, 0.05) is 6.92 Å². The molecule has 1 rings (SSSR count). The number of hydrogen-bond acceptors (Lipinski definition) is 2. The van der Waals surface area contributed by atoms with Crippen LogP contribution in [-0.2, 0) is 4.79 Å². The molecule has 0 spiro atoms. The molecule has 0 radical (unpaired) electrons. The Balaban J connectivity index is 2.84. The van der Waals surface area contributed by atoms with E-state index in [4.69, 9.17) is 4.74 Å². The fourth-order valence-corrected chi connectivity index (χ4v) is 1.55. The molecule has 5 heteroatoms. The van der Waals surface area contributed by atoms with Crippen LogP contribution >= 0.6 is 0 Å². The molecule has 0 saturated heterocycles. The Morgan fingerprint density at radius 1 is 1.40 bits per heavy atom. The summed E-state index contributed by atoms with van der Waals surface area (Å²) in [7, 11) is 0. The quantitative estimate of drug-likeness (QED) is 0.575. The van der Waals surface area contributed by atoms with Crippen molar-refractivity contribution in [3.63, 3.8) is 0 Å². The van der Waals surface area contributed by atoms with E-state index in [9.17, 15) is 13.6 Å². The smallest absolute Gasteiger partial charge is 0.308 e. The number of carbonyl (C=O) groups is 1. The summed E-state index contributed by atoms with van der Waals surface area (Å²) >= 11 is 0. The summed E-state index contributed by atoms with van der Waals surface area (Å²) in [6, 6.07) is 4.55. The van der Waals surface area contributed by atoms with Crippen molar-refractivity contribution in [2.75, 3.05) is 6.54 Å². The fourth-order valence-electron chi connectivity index (χ4n) is 1.55. The lowest BCUT2D eigenvalue weighted by Crippen LogP contribution is -2.04. The minimum Gasteiger partial charge on any atom is -0.657 e.